The third kappa shape index (κ3) is 5.28. The van der Waals surface area contributed by atoms with E-state index in [1.54, 1.807) is 23.9 Å². The van der Waals surface area contributed by atoms with Gasteiger partial charge in [0.25, 0.3) is 0 Å². The smallest absolute Gasteiger partial charge is 0.227 e. The average Bonchev–Trinajstić information content (AvgIpc) is 3.24. The molecule has 7 heteroatoms. The van der Waals surface area contributed by atoms with Gasteiger partial charge in [-0.25, -0.2) is 0 Å². The molecule has 0 aliphatic rings. The van der Waals surface area contributed by atoms with Gasteiger partial charge in [0.15, 0.2) is 0 Å². The van der Waals surface area contributed by atoms with Crippen molar-refractivity contribution in [2.24, 2.45) is 0 Å². The van der Waals surface area contributed by atoms with Crippen LogP contribution in [0.5, 0.6) is 0 Å². The number of carbonyl (C=O) groups excluding carboxylic acids is 1. The van der Waals surface area contributed by atoms with E-state index in [1.807, 2.05) is 66.7 Å². The van der Waals surface area contributed by atoms with Crippen molar-refractivity contribution < 1.29 is 9.32 Å². The Morgan fingerprint density at radius 1 is 0.967 bits per heavy atom. The monoisotopic (exact) mass is 435 g/mol. The van der Waals surface area contributed by atoms with Crippen molar-refractivity contribution in [2.75, 3.05) is 5.32 Å². The summed E-state index contributed by atoms with van der Waals surface area (Å²) >= 11 is 7.51. The Bertz CT molecular complexity index is 1130. The molecular formula is C23H18ClN3O2S. The largest absolute Gasteiger partial charge is 0.339 e. The number of aryl methyl sites for hydroxylation is 1. The quantitative estimate of drug-likeness (QED) is 0.379. The van der Waals surface area contributed by atoms with Crippen molar-refractivity contribution in [3.05, 3.63) is 89.8 Å². The summed E-state index contributed by atoms with van der Waals surface area (Å²) < 4.78 is 5.27. The number of para-hydroxylation sites is 1. The Balaban J connectivity index is 1.36. The highest BCUT2D eigenvalue weighted by Crippen LogP contribution is 2.33. The van der Waals surface area contributed by atoms with Gasteiger partial charge in [0.1, 0.15) is 0 Å². The Labute approximate surface area is 183 Å². The number of hydrogen-bond acceptors (Lipinski definition) is 5. The normalized spacial score (nSPS) is 10.7. The molecule has 0 fully saturated rings. The zero-order valence-electron chi connectivity index (χ0n) is 15.9. The molecule has 0 unspecified atom stereocenters. The summed E-state index contributed by atoms with van der Waals surface area (Å²) in [5, 5.41) is 7.60. The first-order valence-corrected chi connectivity index (χ1v) is 10.6. The molecule has 0 saturated heterocycles. The van der Waals surface area contributed by atoms with Crippen LogP contribution in [0.3, 0.4) is 0 Å². The van der Waals surface area contributed by atoms with Crippen LogP contribution in [0.25, 0.3) is 11.4 Å². The van der Waals surface area contributed by atoms with E-state index in [0.717, 1.165) is 21.0 Å². The van der Waals surface area contributed by atoms with Gasteiger partial charge in [-0.05, 0) is 48.5 Å². The first kappa shape index (κ1) is 20.2. The molecule has 5 nitrogen and oxygen atoms in total. The molecule has 1 aromatic heterocycles. The fraction of sp³-hybridized carbons (Fsp3) is 0.0870. The second-order valence-corrected chi connectivity index (χ2v) is 8.03. The molecule has 0 radical (unpaired) electrons. The van der Waals surface area contributed by atoms with E-state index in [1.165, 1.54) is 0 Å². The highest BCUT2D eigenvalue weighted by atomic mass is 35.5. The van der Waals surface area contributed by atoms with E-state index in [9.17, 15) is 4.79 Å². The fourth-order valence-corrected chi connectivity index (χ4v) is 3.83. The molecule has 150 valence electrons. The van der Waals surface area contributed by atoms with E-state index in [-0.39, 0.29) is 12.3 Å². The Morgan fingerprint density at radius 3 is 2.50 bits per heavy atom. The van der Waals surface area contributed by atoms with Crippen LogP contribution in [-0.4, -0.2) is 16.0 Å². The van der Waals surface area contributed by atoms with Crippen molar-refractivity contribution in [1.82, 2.24) is 10.1 Å². The van der Waals surface area contributed by atoms with Gasteiger partial charge in [0.2, 0.25) is 17.6 Å². The molecule has 0 atom stereocenters. The van der Waals surface area contributed by atoms with Crippen molar-refractivity contribution in [3.8, 4) is 11.4 Å². The van der Waals surface area contributed by atoms with Gasteiger partial charge in [0.05, 0.1) is 5.69 Å². The predicted molar refractivity (Wildman–Crippen MR) is 119 cm³/mol. The van der Waals surface area contributed by atoms with Crippen molar-refractivity contribution >= 4 is 35.0 Å². The molecule has 1 N–H and O–H groups in total. The first-order valence-electron chi connectivity index (χ1n) is 9.38. The molecule has 1 heterocycles. The van der Waals surface area contributed by atoms with Crippen LogP contribution < -0.4 is 5.32 Å². The second-order valence-electron chi connectivity index (χ2n) is 6.48. The molecule has 0 bridgehead atoms. The summed E-state index contributed by atoms with van der Waals surface area (Å²) in [6.45, 7) is 0. The molecule has 4 aromatic rings. The maximum atomic E-state index is 12.5. The number of carbonyl (C=O) groups is 1. The lowest BCUT2D eigenvalue weighted by molar-refractivity contribution is -0.116. The van der Waals surface area contributed by atoms with E-state index < -0.39 is 0 Å². The van der Waals surface area contributed by atoms with E-state index in [0.29, 0.717) is 23.2 Å². The number of nitrogens with one attached hydrogen (secondary N) is 1. The highest BCUT2D eigenvalue weighted by Gasteiger charge is 2.12. The van der Waals surface area contributed by atoms with E-state index in [2.05, 4.69) is 15.5 Å². The number of amides is 1. The van der Waals surface area contributed by atoms with Crippen molar-refractivity contribution in [1.29, 1.82) is 0 Å². The molecule has 3 aromatic carbocycles. The third-order valence-electron chi connectivity index (χ3n) is 4.27. The van der Waals surface area contributed by atoms with Crippen molar-refractivity contribution in [2.45, 2.75) is 22.6 Å². The number of aromatic nitrogens is 2. The van der Waals surface area contributed by atoms with E-state index in [4.69, 9.17) is 16.1 Å². The number of hydrogen-bond donors (Lipinski definition) is 1. The number of nitrogens with zero attached hydrogens (tertiary/aromatic N) is 2. The minimum atomic E-state index is -0.109. The van der Waals surface area contributed by atoms with Crippen LogP contribution in [0, 0.1) is 0 Å². The highest BCUT2D eigenvalue weighted by molar-refractivity contribution is 7.99. The fourth-order valence-electron chi connectivity index (χ4n) is 2.78. The summed E-state index contributed by atoms with van der Waals surface area (Å²) in [6.07, 6.45) is 0.604. The predicted octanol–water partition coefficient (Wildman–Crippen LogP) is 6.11. The Morgan fingerprint density at radius 2 is 1.70 bits per heavy atom. The van der Waals surface area contributed by atoms with Crippen LogP contribution in [-0.2, 0) is 11.2 Å². The molecule has 30 heavy (non-hydrogen) atoms. The van der Waals surface area contributed by atoms with Gasteiger partial charge >= 0.3 is 0 Å². The SMILES string of the molecule is O=C(CCc1nc(-c2ccc(Cl)cc2)no1)Nc1ccccc1Sc1ccccc1. The van der Waals surface area contributed by atoms with Gasteiger partial charge in [-0.15, -0.1) is 0 Å². The van der Waals surface area contributed by atoms with Crippen LogP contribution in [0.2, 0.25) is 5.02 Å². The summed E-state index contributed by atoms with van der Waals surface area (Å²) in [4.78, 5) is 18.9. The summed E-state index contributed by atoms with van der Waals surface area (Å²) in [5.74, 6) is 0.788. The van der Waals surface area contributed by atoms with Crippen molar-refractivity contribution in [3.63, 3.8) is 0 Å². The number of benzene rings is 3. The summed E-state index contributed by atoms with van der Waals surface area (Å²) in [5.41, 5.74) is 1.59. The number of anilines is 1. The lowest BCUT2D eigenvalue weighted by Gasteiger charge is -2.10. The lowest BCUT2D eigenvalue weighted by atomic mass is 10.2. The van der Waals surface area contributed by atoms with Gasteiger partial charge < -0.3 is 9.84 Å². The molecule has 0 aliphatic heterocycles. The van der Waals surface area contributed by atoms with Gasteiger partial charge in [-0.1, -0.05) is 58.9 Å². The van der Waals surface area contributed by atoms with Crippen LogP contribution >= 0.6 is 23.4 Å². The standard InChI is InChI=1S/C23H18ClN3O2S/c24-17-12-10-16(11-13-17)23-26-22(29-27-23)15-14-21(28)25-19-8-4-5-9-20(19)30-18-6-2-1-3-7-18/h1-13H,14-15H2,(H,25,28). The molecular weight excluding hydrogens is 418 g/mol. The second kappa shape index (κ2) is 9.61. The Kier molecular flexibility index (Phi) is 6.47. The zero-order chi connectivity index (χ0) is 20.8. The van der Waals surface area contributed by atoms with Gasteiger partial charge in [-0.2, -0.15) is 4.98 Å². The Hall–Kier alpha value is -3.09. The molecule has 0 saturated carbocycles. The summed E-state index contributed by atoms with van der Waals surface area (Å²) in [7, 11) is 0. The van der Waals surface area contributed by atoms with Crippen LogP contribution in [0.1, 0.15) is 12.3 Å². The maximum absolute atomic E-state index is 12.5. The first-order chi connectivity index (χ1) is 14.7. The molecule has 0 aliphatic carbocycles. The minimum Gasteiger partial charge on any atom is -0.339 e. The van der Waals surface area contributed by atoms with Crippen LogP contribution in [0.15, 0.2) is 93.2 Å². The lowest BCUT2D eigenvalue weighted by Crippen LogP contribution is -2.13. The third-order valence-corrected chi connectivity index (χ3v) is 5.60. The van der Waals surface area contributed by atoms with Gasteiger partial charge in [0, 0.05) is 33.2 Å². The molecule has 1 amide bonds. The topological polar surface area (TPSA) is 68.0 Å². The van der Waals surface area contributed by atoms with Crippen LogP contribution in [0.4, 0.5) is 5.69 Å². The molecule has 0 spiro atoms. The summed E-state index contributed by atoms with van der Waals surface area (Å²) in [6, 6.07) is 25.0. The maximum Gasteiger partial charge on any atom is 0.227 e. The average molecular weight is 436 g/mol. The van der Waals surface area contributed by atoms with Gasteiger partial charge in [-0.3, -0.25) is 4.79 Å². The number of rotatable bonds is 7. The van der Waals surface area contributed by atoms with E-state index >= 15 is 0 Å². The molecule has 4 rings (SSSR count). The zero-order valence-corrected chi connectivity index (χ0v) is 17.5. The number of halogens is 1. The minimum absolute atomic E-state index is 0.109.